The standard InChI is InChI=1S/C12H12ClN3/c1-7-5-9(6-7)16-10-3-4-14-12(13)11(10)8(2)15-16/h3-4,9H,1,5-6H2,2H3. The number of halogens is 1. The van der Waals surface area contributed by atoms with Crippen molar-refractivity contribution < 1.29 is 0 Å². The molecule has 0 aromatic carbocycles. The first kappa shape index (κ1) is 9.85. The van der Waals surface area contributed by atoms with Gasteiger partial charge in [-0.15, -0.1) is 0 Å². The Morgan fingerprint density at radius 2 is 2.25 bits per heavy atom. The van der Waals surface area contributed by atoms with E-state index in [9.17, 15) is 0 Å². The van der Waals surface area contributed by atoms with Crippen molar-refractivity contribution in [1.29, 1.82) is 0 Å². The summed E-state index contributed by atoms with van der Waals surface area (Å²) >= 11 is 6.09. The lowest BCUT2D eigenvalue weighted by molar-refractivity contribution is 0.382. The second-order valence-corrected chi connectivity index (χ2v) is 4.70. The van der Waals surface area contributed by atoms with Crippen LogP contribution in [0, 0.1) is 6.92 Å². The van der Waals surface area contributed by atoms with Gasteiger partial charge >= 0.3 is 0 Å². The molecule has 2 aromatic rings. The second kappa shape index (κ2) is 3.32. The van der Waals surface area contributed by atoms with Crippen LogP contribution in [0.15, 0.2) is 24.4 Å². The maximum Gasteiger partial charge on any atom is 0.140 e. The highest BCUT2D eigenvalue weighted by molar-refractivity contribution is 6.34. The van der Waals surface area contributed by atoms with Gasteiger partial charge in [0.2, 0.25) is 0 Å². The Balaban J connectivity index is 2.19. The molecule has 0 N–H and O–H groups in total. The summed E-state index contributed by atoms with van der Waals surface area (Å²) in [6.07, 6.45) is 3.78. The van der Waals surface area contributed by atoms with Crippen LogP contribution in [0.25, 0.3) is 10.9 Å². The van der Waals surface area contributed by atoms with Crippen LogP contribution in [0.3, 0.4) is 0 Å². The van der Waals surface area contributed by atoms with Gasteiger partial charge in [-0.2, -0.15) is 5.10 Å². The van der Waals surface area contributed by atoms with E-state index in [-0.39, 0.29) is 0 Å². The maximum absolute atomic E-state index is 6.09. The molecule has 0 bridgehead atoms. The molecule has 1 aliphatic carbocycles. The van der Waals surface area contributed by atoms with Gasteiger partial charge in [0.15, 0.2) is 0 Å². The first-order chi connectivity index (χ1) is 7.66. The Hall–Kier alpha value is -1.35. The summed E-state index contributed by atoms with van der Waals surface area (Å²) in [5.41, 5.74) is 3.33. The largest absolute Gasteiger partial charge is 0.261 e. The minimum atomic E-state index is 0.446. The van der Waals surface area contributed by atoms with Crippen LogP contribution in [0.4, 0.5) is 0 Å². The lowest BCUT2D eigenvalue weighted by atomic mass is 9.88. The monoisotopic (exact) mass is 233 g/mol. The third-order valence-electron chi connectivity index (χ3n) is 3.14. The number of hydrogen-bond acceptors (Lipinski definition) is 2. The molecule has 82 valence electrons. The van der Waals surface area contributed by atoms with Gasteiger partial charge in [0.1, 0.15) is 5.15 Å². The average Bonchev–Trinajstić information content (AvgIpc) is 2.53. The summed E-state index contributed by atoms with van der Waals surface area (Å²) in [6.45, 7) is 5.93. The lowest BCUT2D eigenvalue weighted by Crippen LogP contribution is -2.20. The van der Waals surface area contributed by atoms with Gasteiger partial charge in [-0.1, -0.05) is 23.8 Å². The maximum atomic E-state index is 6.09. The van der Waals surface area contributed by atoms with Crippen LogP contribution < -0.4 is 0 Å². The number of aromatic nitrogens is 3. The minimum absolute atomic E-state index is 0.446. The zero-order valence-corrected chi connectivity index (χ0v) is 9.83. The Kier molecular flexibility index (Phi) is 2.04. The van der Waals surface area contributed by atoms with Crippen molar-refractivity contribution in [3.05, 3.63) is 35.3 Å². The van der Waals surface area contributed by atoms with Crippen molar-refractivity contribution in [2.75, 3.05) is 0 Å². The van der Waals surface area contributed by atoms with Gasteiger partial charge in [-0.3, -0.25) is 4.68 Å². The van der Waals surface area contributed by atoms with Crippen LogP contribution >= 0.6 is 11.6 Å². The quantitative estimate of drug-likeness (QED) is 0.559. The molecule has 3 rings (SSSR count). The van der Waals surface area contributed by atoms with Crippen LogP contribution in [-0.2, 0) is 0 Å². The topological polar surface area (TPSA) is 30.7 Å². The normalized spacial score (nSPS) is 16.8. The number of rotatable bonds is 1. The van der Waals surface area contributed by atoms with Crippen LogP contribution in [0.5, 0.6) is 0 Å². The predicted octanol–water partition coefficient (Wildman–Crippen LogP) is 3.28. The number of hydrogen-bond donors (Lipinski definition) is 0. The summed E-state index contributed by atoms with van der Waals surface area (Å²) in [5, 5.41) is 6.07. The Morgan fingerprint density at radius 3 is 2.94 bits per heavy atom. The Morgan fingerprint density at radius 1 is 1.50 bits per heavy atom. The third kappa shape index (κ3) is 1.28. The number of aryl methyl sites for hydroxylation is 1. The first-order valence-corrected chi connectivity index (χ1v) is 5.70. The van der Waals surface area contributed by atoms with Crippen molar-refractivity contribution in [2.45, 2.75) is 25.8 Å². The van der Waals surface area contributed by atoms with Crippen molar-refractivity contribution in [3.8, 4) is 0 Å². The van der Waals surface area contributed by atoms with Crippen LogP contribution in [0.1, 0.15) is 24.6 Å². The average molecular weight is 234 g/mol. The molecule has 0 saturated heterocycles. The predicted molar refractivity (Wildman–Crippen MR) is 64.7 cm³/mol. The van der Waals surface area contributed by atoms with Crippen molar-refractivity contribution in [1.82, 2.24) is 14.8 Å². The van der Waals surface area contributed by atoms with Crippen molar-refractivity contribution in [2.24, 2.45) is 0 Å². The van der Waals surface area contributed by atoms with Gasteiger partial charge in [-0.25, -0.2) is 4.98 Å². The Labute approximate surface area is 98.7 Å². The number of fused-ring (bicyclic) bond motifs is 1. The molecule has 0 aliphatic heterocycles. The van der Waals surface area contributed by atoms with E-state index in [1.54, 1.807) is 6.20 Å². The van der Waals surface area contributed by atoms with Crippen LogP contribution in [-0.4, -0.2) is 14.8 Å². The summed E-state index contributed by atoms with van der Waals surface area (Å²) in [6, 6.07) is 2.42. The molecular formula is C12H12ClN3. The van der Waals surface area contributed by atoms with E-state index in [2.05, 4.69) is 21.3 Å². The van der Waals surface area contributed by atoms with E-state index in [0.29, 0.717) is 11.2 Å². The van der Waals surface area contributed by atoms with Crippen LogP contribution in [0.2, 0.25) is 5.15 Å². The fourth-order valence-electron chi connectivity index (χ4n) is 2.28. The number of allylic oxidation sites excluding steroid dienone is 1. The zero-order chi connectivity index (χ0) is 11.3. The van der Waals surface area contributed by atoms with Gasteiger partial charge < -0.3 is 0 Å². The summed E-state index contributed by atoms with van der Waals surface area (Å²) < 4.78 is 2.06. The highest BCUT2D eigenvalue weighted by Gasteiger charge is 2.26. The molecule has 1 fully saturated rings. The third-order valence-corrected chi connectivity index (χ3v) is 3.43. The lowest BCUT2D eigenvalue weighted by Gasteiger charge is -2.29. The summed E-state index contributed by atoms with van der Waals surface area (Å²) in [7, 11) is 0. The van der Waals surface area contributed by atoms with E-state index in [0.717, 1.165) is 29.4 Å². The molecule has 2 heterocycles. The highest BCUT2D eigenvalue weighted by Crippen LogP contribution is 2.38. The fraction of sp³-hybridized carbons (Fsp3) is 0.333. The van der Waals surface area contributed by atoms with Gasteiger partial charge in [0.05, 0.1) is 22.6 Å². The molecule has 4 heteroatoms. The molecule has 16 heavy (non-hydrogen) atoms. The van der Waals surface area contributed by atoms with Crippen molar-refractivity contribution in [3.63, 3.8) is 0 Å². The van der Waals surface area contributed by atoms with E-state index >= 15 is 0 Å². The second-order valence-electron chi connectivity index (χ2n) is 4.34. The summed E-state index contributed by atoms with van der Waals surface area (Å²) in [5.74, 6) is 0. The van der Waals surface area contributed by atoms with Crippen molar-refractivity contribution >= 4 is 22.5 Å². The molecule has 1 aliphatic rings. The molecule has 2 aromatic heterocycles. The number of nitrogens with zero attached hydrogens (tertiary/aromatic N) is 3. The molecule has 0 radical (unpaired) electrons. The molecule has 3 nitrogen and oxygen atoms in total. The van der Waals surface area contributed by atoms with E-state index in [4.69, 9.17) is 11.6 Å². The summed E-state index contributed by atoms with van der Waals surface area (Å²) in [4.78, 5) is 4.09. The molecule has 0 atom stereocenters. The fourth-order valence-corrected chi connectivity index (χ4v) is 2.57. The Bertz CT molecular complexity index is 577. The SMILES string of the molecule is C=C1CC(n2nc(C)c3c(Cl)nccc32)C1. The molecule has 0 unspecified atom stereocenters. The molecule has 1 saturated carbocycles. The van der Waals surface area contributed by atoms with E-state index in [1.807, 2.05) is 13.0 Å². The van der Waals surface area contributed by atoms with E-state index in [1.165, 1.54) is 5.57 Å². The van der Waals surface area contributed by atoms with Gasteiger partial charge in [-0.05, 0) is 25.8 Å². The highest BCUT2D eigenvalue weighted by atomic mass is 35.5. The molecule has 0 spiro atoms. The molecular weight excluding hydrogens is 222 g/mol. The van der Waals surface area contributed by atoms with E-state index < -0.39 is 0 Å². The molecule has 0 amide bonds. The zero-order valence-electron chi connectivity index (χ0n) is 9.07. The first-order valence-electron chi connectivity index (χ1n) is 5.33. The smallest absolute Gasteiger partial charge is 0.140 e. The van der Waals surface area contributed by atoms with Gasteiger partial charge in [0, 0.05) is 6.20 Å². The minimum Gasteiger partial charge on any atom is -0.261 e. The number of pyridine rings is 1. The van der Waals surface area contributed by atoms with Gasteiger partial charge in [0.25, 0.3) is 0 Å².